The zero-order valence-corrected chi connectivity index (χ0v) is 22.9. The Balaban J connectivity index is 2.13. The SMILES string of the molecule is COO[C@]1(OC)[C@H](O)[C@@H](CO)O[C@]1(n1cc(C)c(=O)[nH]c1=O)C(c1ccccc1)(c1ccccc1)c1ccccc1. The van der Waals surface area contributed by atoms with Gasteiger partial charge >= 0.3 is 5.69 Å². The Morgan fingerprint density at radius 1 is 0.902 bits per heavy atom. The number of hydrogen-bond acceptors (Lipinski definition) is 8. The van der Waals surface area contributed by atoms with Gasteiger partial charge in [-0.05, 0) is 23.6 Å². The number of benzene rings is 3. The Morgan fingerprint density at radius 3 is 1.80 bits per heavy atom. The van der Waals surface area contributed by atoms with Gasteiger partial charge in [0.25, 0.3) is 11.3 Å². The first kappa shape index (κ1) is 28.6. The molecular weight excluding hydrogens is 528 g/mol. The molecule has 0 saturated carbocycles. The first-order chi connectivity index (χ1) is 19.8. The van der Waals surface area contributed by atoms with Crippen molar-refractivity contribution < 1.29 is 29.5 Å². The minimum atomic E-state index is -2.30. The number of nitrogens with one attached hydrogen (secondary N) is 1. The number of nitrogens with zero attached hydrogens (tertiary/aromatic N) is 1. The third-order valence-electron chi connectivity index (χ3n) is 7.81. The van der Waals surface area contributed by atoms with Crippen LogP contribution in [0.1, 0.15) is 22.3 Å². The number of H-pyrrole nitrogens is 1. The third-order valence-corrected chi connectivity index (χ3v) is 7.81. The van der Waals surface area contributed by atoms with E-state index < -0.39 is 47.0 Å². The van der Waals surface area contributed by atoms with Gasteiger partial charge < -0.3 is 19.7 Å². The average molecular weight is 561 g/mol. The second kappa shape index (κ2) is 11.2. The van der Waals surface area contributed by atoms with E-state index in [1.54, 1.807) is 0 Å². The van der Waals surface area contributed by atoms with Gasteiger partial charge in [0, 0.05) is 18.9 Å². The first-order valence-electron chi connectivity index (χ1n) is 13.1. The maximum Gasteiger partial charge on any atom is 0.330 e. The van der Waals surface area contributed by atoms with Crippen molar-refractivity contribution in [1.82, 2.24) is 9.55 Å². The van der Waals surface area contributed by atoms with Gasteiger partial charge in [0.2, 0.25) is 5.72 Å². The molecule has 3 aromatic carbocycles. The third kappa shape index (κ3) is 4.03. The molecule has 1 saturated heterocycles. The van der Waals surface area contributed by atoms with Crippen LogP contribution in [-0.4, -0.2) is 58.6 Å². The quantitative estimate of drug-likeness (QED) is 0.123. The van der Waals surface area contributed by atoms with Crippen molar-refractivity contribution in [2.75, 3.05) is 20.8 Å². The Morgan fingerprint density at radius 2 is 1.39 bits per heavy atom. The van der Waals surface area contributed by atoms with Gasteiger partial charge in [-0.15, -0.1) is 0 Å². The standard InChI is InChI=1S/C31H32N2O8/c1-21-19-33(28(37)32-27(21)36)31(30(38-2,41-39-3)26(35)25(20-34)40-31)29(22-13-7-4-8-14-22,23-15-9-5-10-16-23)24-17-11-6-12-18-24/h4-19,25-26,34-35H,20H2,1-3H3,(H,32,36,37)/t25-,26-,30-,31-/m1/s1. The molecular formula is C31H32N2O8. The zero-order chi connectivity index (χ0) is 29.3. The van der Waals surface area contributed by atoms with Gasteiger partial charge in [0.1, 0.15) is 12.2 Å². The summed E-state index contributed by atoms with van der Waals surface area (Å²) >= 11 is 0. The summed E-state index contributed by atoms with van der Waals surface area (Å²) < 4.78 is 14.0. The number of methoxy groups -OCH3 is 1. The fourth-order valence-electron chi connectivity index (χ4n) is 6.18. The molecule has 1 aromatic heterocycles. The van der Waals surface area contributed by atoms with E-state index in [1.165, 1.54) is 27.3 Å². The summed E-state index contributed by atoms with van der Waals surface area (Å²) in [7, 11) is 2.52. The second-order valence-electron chi connectivity index (χ2n) is 9.84. The van der Waals surface area contributed by atoms with Crippen molar-refractivity contribution in [1.29, 1.82) is 0 Å². The van der Waals surface area contributed by atoms with Crippen LogP contribution in [0.4, 0.5) is 0 Å². The summed E-state index contributed by atoms with van der Waals surface area (Å²) in [6, 6.07) is 27.8. The molecule has 2 heterocycles. The molecule has 0 spiro atoms. The van der Waals surface area contributed by atoms with Gasteiger partial charge in [-0.3, -0.25) is 14.3 Å². The lowest BCUT2D eigenvalue weighted by atomic mass is 9.59. The lowest BCUT2D eigenvalue weighted by molar-refractivity contribution is -0.470. The molecule has 0 aliphatic carbocycles. The zero-order valence-electron chi connectivity index (χ0n) is 22.9. The van der Waals surface area contributed by atoms with Gasteiger partial charge in [0.15, 0.2) is 0 Å². The number of aryl methyl sites for hydroxylation is 1. The molecule has 0 amide bonds. The van der Waals surface area contributed by atoms with Crippen molar-refractivity contribution in [2.45, 2.75) is 36.1 Å². The van der Waals surface area contributed by atoms with Crippen LogP contribution in [0.5, 0.6) is 0 Å². The number of ether oxygens (including phenoxy) is 2. The monoisotopic (exact) mass is 560 g/mol. The molecule has 5 rings (SSSR count). The molecule has 1 aliphatic heterocycles. The van der Waals surface area contributed by atoms with Crippen LogP contribution >= 0.6 is 0 Å². The molecule has 10 nitrogen and oxygen atoms in total. The van der Waals surface area contributed by atoms with Crippen molar-refractivity contribution in [3.8, 4) is 0 Å². The fraction of sp³-hybridized carbons (Fsp3) is 0.290. The molecule has 4 atom stereocenters. The van der Waals surface area contributed by atoms with Crippen LogP contribution in [0.15, 0.2) is 107 Å². The minimum absolute atomic E-state index is 0.181. The summed E-state index contributed by atoms with van der Waals surface area (Å²) in [5.74, 6) is -2.30. The maximum absolute atomic E-state index is 14.0. The van der Waals surface area contributed by atoms with Crippen LogP contribution in [0, 0.1) is 6.92 Å². The van der Waals surface area contributed by atoms with Crippen molar-refractivity contribution in [3.05, 3.63) is 140 Å². The molecule has 214 valence electrons. The minimum Gasteiger partial charge on any atom is -0.394 e. The van der Waals surface area contributed by atoms with Gasteiger partial charge in [-0.25, -0.2) is 9.68 Å². The van der Waals surface area contributed by atoms with Crippen molar-refractivity contribution >= 4 is 0 Å². The van der Waals surface area contributed by atoms with E-state index in [2.05, 4.69) is 4.98 Å². The molecule has 3 N–H and O–H groups in total. The number of aromatic nitrogens is 2. The summed E-state index contributed by atoms with van der Waals surface area (Å²) in [5.41, 5.74) is -3.16. The lowest BCUT2D eigenvalue weighted by Crippen LogP contribution is -2.72. The Kier molecular flexibility index (Phi) is 7.80. The Hall–Kier alpha value is -3.90. The highest BCUT2D eigenvalue weighted by Gasteiger charge is 2.79. The van der Waals surface area contributed by atoms with E-state index in [4.69, 9.17) is 19.2 Å². The molecule has 1 fully saturated rings. The first-order valence-corrected chi connectivity index (χ1v) is 13.1. The van der Waals surface area contributed by atoms with Crippen LogP contribution in [0.25, 0.3) is 0 Å². The molecule has 0 radical (unpaired) electrons. The smallest absolute Gasteiger partial charge is 0.330 e. The Labute approximate surface area is 236 Å². The van der Waals surface area contributed by atoms with E-state index >= 15 is 0 Å². The predicted octanol–water partition coefficient (Wildman–Crippen LogP) is 2.21. The maximum atomic E-state index is 14.0. The van der Waals surface area contributed by atoms with Crippen molar-refractivity contribution in [2.24, 2.45) is 0 Å². The summed E-state index contributed by atoms with van der Waals surface area (Å²) in [6.45, 7) is 0.880. The van der Waals surface area contributed by atoms with Gasteiger partial charge in [-0.1, -0.05) is 91.0 Å². The summed E-state index contributed by atoms with van der Waals surface area (Å²) in [6.07, 6.45) is -1.67. The number of aromatic amines is 1. The molecule has 0 bridgehead atoms. The molecule has 0 unspecified atom stereocenters. The topological polar surface area (TPSA) is 132 Å². The molecule has 41 heavy (non-hydrogen) atoms. The second-order valence-corrected chi connectivity index (χ2v) is 9.84. The van der Waals surface area contributed by atoms with Crippen LogP contribution in [-0.2, 0) is 30.4 Å². The Bertz CT molecular complexity index is 1490. The average Bonchev–Trinajstić information content (AvgIpc) is 3.25. The molecule has 1 aliphatic rings. The van der Waals surface area contributed by atoms with Crippen LogP contribution in [0.3, 0.4) is 0 Å². The van der Waals surface area contributed by atoms with Crippen LogP contribution in [0.2, 0.25) is 0 Å². The van der Waals surface area contributed by atoms with Crippen LogP contribution < -0.4 is 11.2 Å². The number of rotatable bonds is 9. The highest BCUT2D eigenvalue weighted by atomic mass is 17.2. The fourth-order valence-corrected chi connectivity index (χ4v) is 6.18. The van der Waals surface area contributed by atoms with E-state index in [1.807, 2.05) is 91.0 Å². The lowest BCUT2D eigenvalue weighted by Gasteiger charge is -2.55. The van der Waals surface area contributed by atoms with E-state index in [9.17, 15) is 19.8 Å². The summed E-state index contributed by atoms with van der Waals surface area (Å²) in [5, 5.41) is 22.3. The van der Waals surface area contributed by atoms with E-state index in [0.717, 1.165) is 4.57 Å². The molecule has 10 heteroatoms. The largest absolute Gasteiger partial charge is 0.394 e. The van der Waals surface area contributed by atoms with Gasteiger partial charge in [0.05, 0.1) is 19.1 Å². The number of hydrogen-bond donors (Lipinski definition) is 3. The van der Waals surface area contributed by atoms with Gasteiger partial charge in [-0.2, -0.15) is 4.89 Å². The van der Waals surface area contributed by atoms with E-state index in [-0.39, 0.29) is 5.56 Å². The predicted molar refractivity (Wildman–Crippen MR) is 149 cm³/mol. The number of aliphatic hydroxyl groups excluding tert-OH is 2. The van der Waals surface area contributed by atoms with Crippen molar-refractivity contribution in [3.63, 3.8) is 0 Å². The summed E-state index contributed by atoms with van der Waals surface area (Å²) in [4.78, 5) is 40.1. The normalized spacial score (nSPS) is 24.4. The number of aliphatic hydroxyl groups is 2. The van der Waals surface area contributed by atoms with E-state index in [0.29, 0.717) is 16.7 Å². The molecule has 4 aromatic rings. The highest BCUT2D eigenvalue weighted by molar-refractivity contribution is 5.55. The highest BCUT2D eigenvalue weighted by Crippen LogP contribution is 2.61.